The van der Waals surface area contributed by atoms with Crippen LogP contribution >= 0.6 is 0 Å². The summed E-state index contributed by atoms with van der Waals surface area (Å²) in [5.41, 5.74) is 3.65. The van der Waals surface area contributed by atoms with E-state index in [-0.39, 0.29) is 0 Å². The number of rotatable bonds is 5. The summed E-state index contributed by atoms with van der Waals surface area (Å²) < 4.78 is 3.71. The average molecular weight is 247 g/mol. The molecule has 98 valence electrons. The number of hydrogen-bond donors (Lipinski definition) is 1. The third kappa shape index (κ3) is 2.98. The van der Waals surface area contributed by atoms with Crippen LogP contribution in [0.1, 0.15) is 36.6 Å². The van der Waals surface area contributed by atoms with Crippen molar-refractivity contribution in [1.82, 2.24) is 24.9 Å². The summed E-state index contributed by atoms with van der Waals surface area (Å²) in [6.07, 6.45) is 6.00. The van der Waals surface area contributed by atoms with Crippen molar-refractivity contribution in [3.63, 3.8) is 0 Å². The maximum Gasteiger partial charge on any atom is 0.0694 e. The van der Waals surface area contributed by atoms with Crippen molar-refractivity contribution in [3.8, 4) is 0 Å². The van der Waals surface area contributed by atoms with Gasteiger partial charge in [-0.25, -0.2) is 0 Å². The fraction of sp³-hybridized carbons (Fsp3) is 0.538. The molecule has 0 spiro atoms. The molecule has 18 heavy (non-hydrogen) atoms. The molecule has 0 radical (unpaired) electrons. The molecule has 0 bridgehead atoms. The highest BCUT2D eigenvalue weighted by atomic mass is 15.3. The Balaban J connectivity index is 1.94. The van der Waals surface area contributed by atoms with Crippen molar-refractivity contribution in [2.24, 2.45) is 14.1 Å². The second-order valence-electron chi connectivity index (χ2n) is 4.99. The van der Waals surface area contributed by atoms with E-state index in [2.05, 4.69) is 35.6 Å². The minimum atomic E-state index is 0.460. The zero-order valence-corrected chi connectivity index (χ0v) is 11.5. The second-order valence-corrected chi connectivity index (χ2v) is 4.99. The van der Waals surface area contributed by atoms with Crippen molar-refractivity contribution in [1.29, 1.82) is 0 Å². The molecule has 0 aliphatic carbocycles. The number of nitrogens with zero attached hydrogens (tertiary/aromatic N) is 4. The Labute approximate surface area is 108 Å². The van der Waals surface area contributed by atoms with Crippen molar-refractivity contribution >= 4 is 0 Å². The molecule has 0 aromatic carbocycles. The van der Waals surface area contributed by atoms with Gasteiger partial charge >= 0.3 is 0 Å². The fourth-order valence-corrected chi connectivity index (χ4v) is 2.08. The van der Waals surface area contributed by atoms with Gasteiger partial charge in [0.05, 0.1) is 11.9 Å². The first-order valence-corrected chi connectivity index (χ1v) is 6.27. The van der Waals surface area contributed by atoms with Crippen LogP contribution < -0.4 is 5.32 Å². The average Bonchev–Trinajstić information content (AvgIpc) is 2.85. The summed E-state index contributed by atoms with van der Waals surface area (Å²) in [6.45, 7) is 6.02. The molecular weight excluding hydrogens is 226 g/mol. The van der Waals surface area contributed by atoms with Crippen molar-refractivity contribution < 1.29 is 0 Å². The van der Waals surface area contributed by atoms with Crippen LogP contribution in [-0.4, -0.2) is 19.6 Å². The highest BCUT2D eigenvalue weighted by Crippen LogP contribution is 2.16. The van der Waals surface area contributed by atoms with E-state index in [1.54, 1.807) is 0 Å². The third-order valence-corrected chi connectivity index (χ3v) is 2.89. The largest absolute Gasteiger partial charge is 0.308 e. The van der Waals surface area contributed by atoms with Gasteiger partial charge in [-0.05, 0) is 5.92 Å². The molecule has 0 saturated carbocycles. The Morgan fingerprint density at radius 3 is 2.56 bits per heavy atom. The lowest BCUT2D eigenvalue weighted by molar-refractivity contribution is 0.677. The molecule has 0 atom stereocenters. The molecule has 0 aliphatic heterocycles. The van der Waals surface area contributed by atoms with Gasteiger partial charge in [0.15, 0.2) is 0 Å². The van der Waals surface area contributed by atoms with Crippen LogP contribution in [0.25, 0.3) is 0 Å². The van der Waals surface area contributed by atoms with Gasteiger partial charge in [0.1, 0.15) is 0 Å². The molecule has 0 saturated heterocycles. The van der Waals surface area contributed by atoms with Crippen LogP contribution in [0.4, 0.5) is 0 Å². The van der Waals surface area contributed by atoms with Gasteiger partial charge in [-0.2, -0.15) is 10.2 Å². The van der Waals surface area contributed by atoms with Gasteiger partial charge < -0.3 is 5.32 Å². The van der Waals surface area contributed by atoms with Crippen LogP contribution in [0.15, 0.2) is 18.6 Å². The molecule has 5 nitrogen and oxygen atoms in total. The van der Waals surface area contributed by atoms with Crippen molar-refractivity contribution in [3.05, 3.63) is 35.4 Å². The number of aryl methyl sites for hydroxylation is 2. The molecule has 0 unspecified atom stereocenters. The topological polar surface area (TPSA) is 47.7 Å². The highest BCUT2D eigenvalue weighted by Gasteiger charge is 2.10. The lowest BCUT2D eigenvalue weighted by Crippen LogP contribution is -2.13. The van der Waals surface area contributed by atoms with Crippen LogP contribution in [-0.2, 0) is 27.2 Å². The number of aromatic nitrogens is 4. The normalized spacial score (nSPS) is 11.4. The highest BCUT2D eigenvalue weighted by molar-refractivity contribution is 5.20. The van der Waals surface area contributed by atoms with E-state index in [0.29, 0.717) is 5.92 Å². The second kappa shape index (κ2) is 5.35. The number of hydrogen-bond acceptors (Lipinski definition) is 3. The Hall–Kier alpha value is -1.62. The van der Waals surface area contributed by atoms with Crippen molar-refractivity contribution in [2.75, 3.05) is 0 Å². The van der Waals surface area contributed by atoms with E-state index < -0.39 is 0 Å². The molecule has 0 fully saturated rings. The standard InChI is InChI=1S/C13H21N5/c1-10(2)13-12(9-18(4)16-13)7-14-5-11-6-15-17(3)8-11/h6,8-10,14H,5,7H2,1-4H3. The zero-order chi connectivity index (χ0) is 13.1. The van der Waals surface area contributed by atoms with E-state index in [1.165, 1.54) is 16.8 Å². The molecule has 2 aromatic rings. The van der Waals surface area contributed by atoms with Crippen LogP contribution in [0.2, 0.25) is 0 Å². The van der Waals surface area contributed by atoms with Gasteiger partial charge in [0.2, 0.25) is 0 Å². The molecule has 0 amide bonds. The SMILES string of the molecule is CC(C)c1nn(C)cc1CNCc1cnn(C)c1. The summed E-state index contributed by atoms with van der Waals surface area (Å²) >= 11 is 0. The van der Waals surface area contributed by atoms with Crippen LogP contribution in [0.3, 0.4) is 0 Å². The lowest BCUT2D eigenvalue weighted by Gasteiger charge is -2.06. The predicted octanol–water partition coefficient (Wildman–Crippen LogP) is 1.57. The summed E-state index contributed by atoms with van der Waals surface area (Å²) in [4.78, 5) is 0. The Kier molecular flexibility index (Phi) is 3.81. The molecule has 2 rings (SSSR count). The van der Waals surface area contributed by atoms with E-state index in [1.807, 2.05) is 35.9 Å². The van der Waals surface area contributed by atoms with E-state index >= 15 is 0 Å². The molecule has 2 aromatic heterocycles. The third-order valence-electron chi connectivity index (χ3n) is 2.89. The summed E-state index contributed by atoms with van der Waals surface area (Å²) in [5, 5.41) is 12.1. The predicted molar refractivity (Wildman–Crippen MR) is 71.0 cm³/mol. The summed E-state index contributed by atoms with van der Waals surface area (Å²) in [5.74, 6) is 0.460. The fourth-order valence-electron chi connectivity index (χ4n) is 2.08. The van der Waals surface area contributed by atoms with Gasteiger partial charge in [0, 0.05) is 50.7 Å². The lowest BCUT2D eigenvalue weighted by atomic mass is 10.1. The minimum Gasteiger partial charge on any atom is -0.308 e. The molecule has 1 N–H and O–H groups in total. The van der Waals surface area contributed by atoms with Crippen LogP contribution in [0, 0.1) is 0 Å². The Morgan fingerprint density at radius 1 is 1.17 bits per heavy atom. The first-order chi connectivity index (χ1) is 8.56. The molecule has 5 heteroatoms. The van der Waals surface area contributed by atoms with Gasteiger partial charge in [0.25, 0.3) is 0 Å². The zero-order valence-electron chi connectivity index (χ0n) is 11.5. The maximum absolute atomic E-state index is 4.50. The summed E-state index contributed by atoms with van der Waals surface area (Å²) in [6, 6.07) is 0. The molecule has 2 heterocycles. The smallest absolute Gasteiger partial charge is 0.0694 e. The Morgan fingerprint density at radius 2 is 1.94 bits per heavy atom. The Bertz CT molecular complexity index is 509. The van der Waals surface area contributed by atoms with Gasteiger partial charge in [-0.3, -0.25) is 9.36 Å². The van der Waals surface area contributed by atoms with Gasteiger partial charge in [-0.1, -0.05) is 13.8 Å². The maximum atomic E-state index is 4.50. The van der Waals surface area contributed by atoms with E-state index in [4.69, 9.17) is 0 Å². The molecule has 0 aliphatic rings. The number of nitrogens with one attached hydrogen (secondary N) is 1. The van der Waals surface area contributed by atoms with Gasteiger partial charge in [-0.15, -0.1) is 0 Å². The monoisotopic (exact) mass is 247 g/mol. The first-order valence-electron chi connectivity index (χ1n) is 6.27. The quantitative estimate of drug-likeness (QED) is 0.872. The van der Waals surface area contributed by atoms with Crippen molar-refractivity contribution in [2.45, 2.75) is 32.9 Å². The molecular formula is C13H21N5. The summed E-state index contributed by atoms with van der Waals surface area (Å²) in [7, 11) is 3.90. The van der Waals surface area contributed by atoms with E-state index in [0.717, 1.165) is 13.1 Å². The van der Waals surface area contributed by atoms with E-state index in [9.17, 15) is 0 Å². The van der Waals surface area contributed by atoms with Crippen LogP contribution in [0.5, 0.6) is 0 Å². The first kappa shape index (κ1) is 12.8. The minimum absolute atomic E-state index is 0.460.